The molecule has 0 saturated heterocycles. The van der Waals surface area contributed by atoms with E-state index in [0.717, 1.165) is 43.0 Å². The number of thioether (sulfide) groups is 1. The first-order chi connectivity index (χ1) is 8.83. The Bertz CT molecular complexity index is 332. The quantitative estimate of drug-likeness (QED) is 0.426. The second-order valence-corrected chi connectivity index (χ2v) is 5.48. The van der Waals surface area contributed by atoms with Gasteiger partial charge in [-0.3, -0.25) is 4.79 Å². The van der Waals surface area contributed by atoms with E-state index in [1.54, 1.807) is 11.8 Å². The van der Waals surface area contributed by atoms with Gasteiger partial charge < -0.3 is 5.32 Å². The molecule has 0 aliphatic heterocycles. The maximum Gasteiger partial charge on any atom is 0.230 e. The standard InChI is InChI=1S/C14H20ClNOS/c15-10-6-1-2-7-11-16-14(17)12-18-13-8-4-3-5-9-13/h3-5,8-9H,1-2,6-7,10-12H2,(H,16,17). The first kappa shape index (κ1) is 15.4. The average molecular weight is 286 g/mol. The van der Waals surface area contributed by atoms with Gasteiger partial charge in [0.2, 0.25) is 5.91 Å². The van der Waals surface area contributed by atoms with E-state index in [1.165, 1.54) is 0 Å². The molecule has 0 radical (unpaired) electrons. The van der Waals surface area contributed by atoms with Crippen molar-refractivity contribution in [2.75, 3.05) is 18.2 Å². The third kappa shape index (κ3) is 7.62. The van der Waals surface area contributed by atoms with Gasteiger partial charge in [-0.2, -0.15) is 0 Å². The van der Waals surface area contributed by atoms with Crippen LogP contribution in [0.25, 0.3) is 0 Å². The van der Waals surface area contributed by atoms with Crippen molar-refractivity contribution in [2.24, 2.45) is 0 Å². The largest absolute Gasteiger partial charge is 0.355 e. The van der Waals surface area contributed by atoms with E-state index in [4.69, 9.17) is 11.6 Å². The summed E-state index contributed by atoms with van der Waals surface area (Å²) in [4.78, 5) is 12.7. The topological polar surface area (TPSA) is 29.1 Å². The minimum absolute atomic E-state index is 0.112. The second kappa shape index (κ2) is 10.3. The maximum atomic E-state index is 11.6. The van der Waals surface area contributed by atoms with Crippen molar-refractivity contribution in [3.63, 3.8) is 0 Å². The van der Waals surface area contributed by atoms with Crippen LogP contribution in [0.15, 0.2) is 35.2 Å². The fourth-order valence-electron chi connectivity index (χ4n) is 1.52. The van der Waals surface area contributed by atoms with Gasteiger partial charge in [-0.05, 0) is 25.0 Å². The monoisotopic (exact) mass is 285 g/mol. The van der Waals surface area contributed by atoms with E-state index in [1.807, 2.05) is 30.3 Å². The van der Waals surface area contributed by atoms with Gasteiger partial charge in [-0.15, -0.1) is 23.4 Å². The molecule has 0 aliphatic carbocycles. The minimum atomic E-state index is 0.112. The lowest BCUT2D eigenvalue weighted by molar-refractivity contribution is -0.118. The molecule has 1 aromatic carbocycles. The van der Waals surface area contributed by atoms with Gasteiger partial charge in [0.05, 0.1) is 5.75 Å². The number of hydrogen-bond donors (Lipinski definition) is 1. The Balaban J connectivity index is 2.01. The predicted molar refractivity (Wildman–Crippen MR) is 79.4 cm³/mol. The number of amides is 1. The van der Waals surface area contributed by atoms with E-state index in [0.29, 0.717) is 5.75 Å². The van der Waals surface area contributed by atoms with Crippen molar-refractivity contribution in [1.82, 2.24) is 5.32 Å². The third-order valence-corrected chi connectivity index (χ3v) is 3.77. The number of carbonyl (C=O) groups excluding carboxylic acids is 1. The molecule has 0 aromatic heterocycles. The molecule has 0 spiro atoms. The van der Waals surface area contributed by atoms with Gasteiger partial charge in [-0.25, -0.2) is 0 Å². The number of rotatable bonds is 9. The van der Waals surface area contributed by atoms with Crippen LogP contribution < -0.4 is 5.32 Å². The summed E-state index contributed by atoms with van der Waals surface area (Å²) in [6.45, 7) is 0.774. The SMILES string of the molecule is O=C(CSc1ccccc1)NCCCCCCCl. The molecular formula is C14H20ClNOS. The van der Waals surface area contributed by atoms with Crippen LogP contribution in [0.2, 0.25) is 0 Å². The highest BCUT2D eigenvalue weighted by molar-refractivity contribution is 8.00. The van der Waals surface area contributed by atoms with E-state index < -0.39 is 0 Å². The van der Waals surface area contributed by atoms with Crippen LogP contribution in [0, 0.1) is 0 Å². The fourth-order valence-corrected chi connectivity index (χ4v) is 2.46. The molecule has 0 fully saturated rings. The molecule has 100 valence electrons. The molecule has 1 rings (SSSR count). The molecule has 0 heterocycles. The van der Waals surface area contributed by atoms with E-state index in [9.17, 15) is 4.79 Å². The van der Waals surface area contributed by atoms with E-state index in [-0.39, 0.29) is 5.91 Å². The first-order valence-corrected chi connectivity index (χ1v) is 7.85. The summed E-state index contributed by atoms with van der Waals surface area (Å²) in [5.74, 6) is 1.34. The number of benzene rings is 1. The number of unbranched alkanes of at least 4 members (excludes halogenated alkanes) is 3. The fraction of sp³-hybridized carbons (Fsp3) is 0.500. The molecule has 0 bridgehead atoms. The zero-order valence-corrected chi connectivity index (χ0v) is 12.1. The molecule has 4 heteroatoms. The summed E-state index contributed by atoms with van der Waals surface area (Å²) in [6.07, 6.45) is 4.40. The number of nitrogens with one attached hydrogen (secondary N) is 1. The normalized spacial score (nSPS) is 10.3. The van der Waals surface area contributed by atoms with Crippen LogP contribution in [-0.4, -0.2) is 24.1 Å². The Kier molecular flexibility index (Phi) is 8.78. The summed E-state index contributed by atoms with van der Waals surface area (Å²) in [7, 11) is 0. The number of carbonyl (C=O) groups is 1. The minimum Gasteiger partial charge on any atom is -0.355 e. The van der Waals surface area contributed by atoms with E-state index >= 15 is 0 Å². The lowest BCUT2D eigenvalue weighted by Gasteiger charge is -2.05. The molecular weight excluding hydrogens is 266 g/mol. The summed E-state index contributed by atoms with van der Waals surface area (Å²) >= 11 is 7.16. The highest BCUT2D eigenvalue weighted by Gasteiger charge is 2.01. The van der Waals surface area contributed by atoms with Crippen LogP contribution in [0.4, 0.5) is 0 Å². The van der Waals surface area contributed by atoms with Gasteiger partial charge in [0.25, 0.3) is 0 Å². The molecule has 0 saturated carbocycles. The maximum absolute atomic E-state index is 11.6. The average Bonchev–Trinajstić information content (AvgIpc) is 2.41. The molecule has 18 heavy (non-hydrogen) atoms. The van der Waals surface area contributed by atoms with Crippen LogP contribution in [-0.2, 0) is 4.79 Å². The number of alkyl halides is 1. The summed E-state index contributed by atoms with van der Waals surface area (Å²) in [6, 6.07) is 9.98. The third-order valence-electron chi connectivity index (χ3n) is 2.50. The van der Waals surface area contributed by atoms with Crippen LogP contribution in [0.5, 0.6) is 0 Å². The Hall–Kier alpha value is -0.670. The highest BCUT2D eigenvalue weighted by atomic mass is 35.5. The van der Waals surface area contributed by atoms with Gasteiger partial charge in [0, 0.05) is 17.3 Å². The smallest absolute Gasteiger partial charge is 0.230 e. The zero-order valence-electron chi connectivity index (χ0n) is 10.5. The lowest BCUT2D eigenvalue weighted by Crippen LogP contribution is -2.26. The van der Waals surface area contributed by atoms with Crippen molar-refractivity contribution in [1.29, 1.82) is 0 Å². The van der Waals surface area contributed by atoms with Gasteiger partial charge in [0.15, 0.2) is 0 Å². The Morgan fingerprint density at radius 3 is 2.56 bits per heavy atom. The second-order valence-electron chi connectivity index (χ2n) is 4.05. The molecule has 0 unspecified atom stereocenters. The molecule has 1 amide bonds. The molecule has 1 N–H and O–H groups in total. The molecule has 0 atom stereocenters. The summed E-state index contributed by atoms with van der Waals surface area (Å²) in [5.41, 5.74) is 0. The van der Waals surface area contributed by atoms with Crippen molar-refractivity contribution >= 4 is 29.3 Å². The Morgan fingerprint density at radius 1 is 1.11 bits per heavy atom. The first-order valence-electron chi connectivity index (χ1n) is 6.33. The van der Waals surface area contributed by atoms with Crippen LogP contribution in [0.3, 0.4) is 0 Å². The Labute approximate surface area is 118 Å². The number of halogens is 1. The summed E-state index contributed by atoms with van der Waals surface area (Å²) < 4.78 is 0. The van der Waals surface area contributed by atoms with Gasteiger partial charge in [-0.1, -0.05) is 31.0 Å². The molecule has 1 aromatic rings. The van der Waals surface area contributed by atoms with Crippen LogP contribution in [0.1, 0.15) is 25.7 Å². The van der Waals surface area contributed by atoms with Gasteiger partial charge >= 0.3 is 0 Å². The molecule has 0 aliphatic rings. The zero-order chi connectivity index (χ0) is 13.1. The van der Waals surface area contributed by atoms with Crippen molar-refractivity contribution < 1.29 is 4.79 Å². The summed E-state index contributed by atoms with van der Waals surface area (Å²) in [5, 5.41) is 2.94. The van der Waals surface area contributed by atoms with E-state index in [2.05, 4.69) is 5.32 Å². The van der Waals surface area contributed by atoms with Crippen molar-refractivity contribution in [3.05, 3.63) is 30.3 Å². The number of hydrogen-bond acceptors (Lipinski definition) is 2. The van der Waals surface area contributed by atoms with Crippen molar-refractivity contribution in [2.45, 2.75) is 30.6 Å². The van der Waals surface area contributed by atoms with Gasteiger partial charge in [0.1, 0.15) is 0 Å². The lowest BCUT2D eigenvalue weighted by atomic mass is 10.2. The molecule has 2 nitrogen and oxygen atoms in total. The predicted octanol–water partition coefficient (Wildman–Crippen LogP) is 3.69. The Morgan fingerprint density at radius 2 is 1.83 bits per heavy atom. The highest BCUT2D eigenvalue weighted by Crippen LogP contribution is 2.16. The van der Waals surface area contributed by atoms with Crippen molar-refractivity contribution in [3.8, 4) is 0 Å². The van der Waals surface area contributed by atoms with Crippen LogP contribution >= 0.6 is 23.4 Å².